The number of amides is 5. The number of carbonyl (C=O) groups is 5. The summed E-state index contributed by atoms with van der Waals surface area (Å²) < 4.78 is 0. The molecule has 0 aromatic heterocycles. The molecule has 0 saturated heterocycles. The van der Waals surface area contributed by atoms with Gasteiger partial charge in [-0.1, -0.05) is 79.7 Å². The third kappa shape index (κ3) is 15.4. The third-order valence-electron chi connectivity index (χ3n) is 7.91. The first-order chi connectivity index (χ1) is 25.2. The largest absolute Gasteiger partial charge is 0.508 e. The van der Waals surface area contributed by atoms with Gasteiger partial charge >= 0.3 is 0 Å². The predicted molar refractivity (Wildman–Crippen MR) is 199 cm³/mol. The van der Waals surface area contributed by atoms with Gasteiger partial charge < -0.3 is 37.4 Å². The SMILES string of the molecule is CCC(=O)NCCNCCNC(=O)CCC(=O)NC(N)=NCCC[C@@H](NC(=O)C(c1ccccc1)c1ccccc1)C(=O)NCc1ccc(O)cc1. The van der Waals surface area contributed by atoms with Crippen LogP contribution in [0.5, 0.6) is 5.75 Å². The molecular weight excluding hydrogens is 664 g/mol. The lowest BCUT2D eigenvalue weighted by Gasteiger charge is -2.23. The van der Waals surface area contributed by atoms with Crippen molar-refractivity contribution in [3.63, 3.8) is 0 Å². The summed E-state index contributed by atoms with van der Waals surface area (Å²) in [6, 6.07) is 24.2. The highest BCUT2D eigenvalue weighted by molar-refractivity contribution is 5.97. The van der Waals surface area contributed by atoms with Crippen LogP contribution in [0, 0.1) is 0 Å². The number of nitrogens with zero attached hydrogens (tertiary/aromatic N) is 1. The molecule has 0 aliphatic carbocycles. The van der Waals surface area contributed by atoms with E-state index in [1.165, 1.54) is 12.1 Å². The van der Waals surface area contributed by atoms with Crippen molar-refractivity contribution in [3.8, 4) is 5.75 Å². The number of aromatic hydroxyl groups is 1. The Morgan fingerprint density at radius 2 is 1.29 bits per heavy atom. The molecule has 14 nitrogen and oxygen atoms in total. The molecule has 0 unspecified atom stereocenters. The minimum atomic E-state index is -0.902. The molecule has 0 saturated carbocycles. The summed E-state index contributed by atoms with van der Waals surface area (Å²) in [6.07, 6.45) is 0.907. The first kappa shape index (κ1) is 40.7. The van der Waals surface area contributed by atoms with Crippen molar-refractivity contribution >= 4 is 35.5 Å². The maximum Gasteiger partial charge on any atom is 0.242 e. The average molecular weight is 715 g/mol. The van der Waals surface area contributed by atoms with E-state index in [0.717, 1.165) is 16.7 Å². The van der Waals surface area contributed by atoms with E-state index in [2.05, 4.69) is 36.9 Å². The molecule has 9 N–H and O–H groups in total. The number of carbonyl (C=O) groups excluding carboxylic acids is 5. The summed E-state index contributed by atoms with van der Waals surface area (Å²) >= 11 is 0. The number of phenols is 1. The minimum absolute atomic E-state index is 0.0198. The Labute approximate surface area is 304 Å². The van der Waals surface area contributed by atoms with E-state index >= 15 is 0 Å². The molecule has 0 spiro atoms. The molecule has 0 heterocycles. The van der Waals surface area contributed by atoms with Crippen LogP contribution in [0.25, 0.3) is 0 Å². The van der Waals surface area contributed by atoms with E-state index in [-0.39, 0.29) is 67.7 Å². The number of guanidine groups is 1. The molecule has 3 aromatic carbocycles. The van der Waals surface area contributed by atoms with E-state index in [9.17, 15) is 29.1 Å². The van der Waals surface area contributed by atoms with Crippen molar-refractivity contribution in [1.29, 1.82) is 0 Å². The number of benzene rings is 3. The average Bonchev–Trinajstić information content (AvgIpc) is 3.15. The van der Waals surface area contributed by atoms with Gasteiger partial charge in [-0.2, -0.15) is 0 Å². The second kappa shape index (κ2) is 22.9. The molecule has 3 aromatic rings. The zero-order valence-electron chi connectivity index (χ0n) is 29.5. The second-order valence-electron chi connectivity index (χ2n) is 12.0. The number of hydrogen-bond acceptors (Lipinski definition) is 8. The zero-order valence-corrected chi connectivity index (χ0v) is 29.5. The van der Waals surface area contributed by atoms with Gasteiger partial charge in [-0.25, -0.2) is 0 Å². The Morgan fingerprint density at radius 3 is 1.88 bits per heavy atom. The summed E-state index contributed by atoms with van der Waals surface area (Å²) in [5.74, 6) is -2.15. The van der Waals surface area contributed by atoms with Crippen molar-refractivity contribution in [2.24, 2.45) is 10.7 Å². The number of rotatable bonds is 21. The zero-order chi connectivity index (χ0) is 37.6. The maximum absolute atomic E-state index is 13.8. The summed E-state index contributed by atoms with van der Waals surface area (Å²) in [6.45, 7) is 4.11. The molecule has 14 heteroatoms. The fourth-order valence-electron chi connectivity index (χ4n) is 5.12. The van der Waals surface area contributed by atoms with E-state index in [1.54, 1.807) is 19.1 Å². The predicted octanol–water partition coefficient (Wildman–Crippen LogP) is 1.55. The molecule has 5 amide bonds. The normalized spacial score (nSPS) is 11.7. The highest BCUT2D eigenvalue weighted by Crippen LogP contribution is 2.25. The number of nitrogens with two attached hydrogens (primary N) is 1. The molecule has 3 rings (SSSR count). The highest BCUT2D eigenvalue weighted by Gasteiger charge is 2.27. The van der Waals surface area contributed by atoms with Gasteiger partial charge in [0.2, 0.25) is 29.5 Å². The van der Waals surface area contributed by atoms with Crippen LogP contribution >= 0.6 is 0 Å². The topological polar surface area (TPSA) is 216 Å². The van der Waals surface area contributed by atoms with Crippen LogP contribution in [0.4, 0.5) is 0 Å². The van der Waals surface area contributed by atoms with Gasteiger partial charge in [-0.05, 0) is 41.7 Å². The number of phenolic OH excluding ortho intramolecular Hbond substituents is 1. The minimum Gasteiger partial charge on any atom is -0.508 e. The van der Waals surface area contributed by atoms with Crippen molar-refractivity contribution in [3.05, 3.63) is 102 Å². The molecule has 0 fully saturated rings. The van der Waals surface area contributed by atoms with Gasteiger partial charge in [0.25, 0.3) is 0 Å². The van der Waals surface area contributed by atoms with Gasteiger partial charge in [0.05, 0.1) is 5.92 Å². The van der Waals surface area contributed by atoms with Crippen LogP contribution in [-0.4, -0.2) is 79.4 Å². The molecule has 0 aliphatic heterocycles. The lowest BCUT2D eigenvalue weighted by molar-refractivity contribution is -0.129. The van der Waals surface area contributed by atoms with Crippen LogP contribution < -0.4 is 37.6 Å². The molecule has 278 valence electrons. The molecule has 52 heavy (non-hydrogen) atoms. The van der Waals surface area contributed by atoms with Crippen LogP contribution in [0.15, 0.2) is 89.9 Å². The lowest BCUT2D eigenvalue weighted by atomic mass is 9.90. The van der Waals surface area contributed by atoms with E-state index < -0.39 is 17.9 Å². The third-order valence-corrected chi connectivity index (χ3v) is 7.91. The molecule has 0 aliphatic rings. The first-order valence-corrected chi connectivity index (χ1v) is 17.5. The van der Waals surface area contributed by atoms with Crippen molar-refractivity contribution in [1.82, 2.24) is 31.9 Å². The molecule has 0 bridgehead atoms. The fourth-order valence-corrected chi connectivity index (χ4v) is 5.12. The van der Waals surface area contributed by atoms with Gasteiger partial charge in [-0.3, -0.25) is 34.3 Å². The first-order valence-electron chi connectivity index (χ1n) is 17.5. The summed E-state index contributed by atoms with van der Waals surface area (Å²) in [5.41, 5.74) is 8.25. The Morgan fingerprint density at radius 1 is 0.712 bits per heavy atom. The van der Waals surface area contributed by atoms with Gasteiger partial charge in [0.15, 0.2) is 5.96 Å². The van der Waals surface area contributed by atoms with Crippen LogP contribution in [0.1, 0.15) is 61.6 Å². The van der Waals surface area contributed by atoms with Crippen molar-refractivity contribution in [2.75, 3.05) is 32.7 Å². The van der Waals surface area contributed by atoms with Gasteiger partial charge in [0.1, 0.15) is 11.8 Å². The standard InChI is InChI=1S/C38H50N8O6/c1-2-32(48)41-24-22-40-23-25-42-33(49)19-20-34(50)46-38(39)43-21-9-14-31(36(51)44-26-27-15-17-30(47)18-16-27)45-37(52)35(28-10-5-3-6-11-28)29-12-7-4-8-13-29/h3-8,10-13,15-18,31,35,40,47H,2,9,14,19-26H2,1H3,(H,41,48)(H,42,49)(H,44,51)(H,45,52)(H3,39,43,46,50)/t31-/m1/s1. The maximum atomic E-state index is 13.8. The van der Waals surface area contributed by atoms with Crippen LogP contribution in [0.3, 0.4) is 0 Å². The quantitative estimate of drug-likeness (QED) is 0.0459. The Hall–Kier alpha value is -5.76. The van der Waals surface area contributed by atoms with Gasteiger partial charge in [0, 0.05) is 58.5 Å². The summed E-state index contributed by atoms with van der Waals surface area (Å²) in [7, 11) is 0. The molecule has 0 radical (unpaired) electrons. The Bertz CT molecular complexity index is 1560. The van der Waals surface area contributed by atoms with Crippen LogP contribution in [0.2, 0.25) is 0 Å². The summed E-state index contributed by atoms with van der Waals surface area (Å²) in [4.78, 5) is 67.1. The van der Waals surface area contributed by atoms with Crippen LogP contribution in [-0.2, 0) is 30.5 Å². The Kier molecular flexibility index (Phi) is 17.9. The fraction of sp³-hybridized carbons (Fsp3) is 0.368. The van der Waals surface area contributed by atoms with Crippen molar-refractivity contribution in [2.45, 2.75) is 57.5 Å². The van der Waals surface area contributed by atoms with Crippen molar-refractivity contribution < 1.29 is 29.1 Å². The summed E-state index contributed by atoms with van der Waals surface area (Å²) in [5, 5.41) is 26.4. The highest BCUT2D eigenvalue weighted by atomic mass is 16.3. The number of aliphatic imine (C=N–C) groups is 1. The molecular formula is C38H50N8O6. The van der Waals surface area contributed by atoms with E-state index in [0.29, 0.717) is 39.0 Å². The molecule has 1 atom stereocenters. The monoisotopic (exact) mass is 714 g/mol. The van der Waals surface area contributed by atoms with E-state index in [1.807, 2.05) is 60.7 Å². The Balaban J connectivity index is 1.50. The number of hydrogen-bond donors (Lipinski definition) is 8. The van der Waals surface area contributed by atoms with Gasteiger partial charge in [-0.15, -0.1) is 0 Å². The lowest BCUT2D eigenvalue weighted by Crippen LogP contribution is -2.48. The smallest absolute Gasteiger partial charge is 0.242 e. The second-order valence-corrected chi connectivity index (χ2v) is 12.0. The number of nitrogens with one attached hydrogen (secondary N) is 6. The van der Waals surface area contributed by atoms with E-state index in [4.69, 9.17) is 5.73 Å².